The van der Waals surface area contributed by atoms with E-state index in [2.05, 4.69) is 30.1 Å². The number of hydrogen-bond acceptors (Lipinski definition) is 6. The second-order valence-corrected chi connectivity index (χ2v) is 6.86. The molecule has 0 unspecified atom stereocenters. The molecule has 6 heteroatoms. The third kappa shape index (κ3) is 3.90. The van der Waals surface area contributed by atoms with Crippen LogP contribution >= 0.6 is 23.1 Å². The highest BCUT2D eigenvalue weighted by atomic mass is 32.2. The summed E-state index contributed by atoms with van der Waals surface area (Å²) < 4.78 is 11.4. The van der Waals surface area contributed by atoms with Gasteiger partial charge in [-0.1, -0.05) is 23.9 Å². The standard InChI is InChI=1S/C16H16N2O2S2/c1-11-8-12(2)10-13(9-11)19-5-7-22-16-18-17-15(20-16)14-4-3-6-21-14/h3-4,6,8-10H,5,7H2,1-2H3. The first kappa shape index (κ1) is 15.1. The van der Waals surface area contributed by atoms with Gasteiger partial charge in [-0.2, -0.15) is 0 Å². The Labute approximate surface area is 137 Å². The van der Waals surface area contributed by atoms with Crippen LogP contribution in [0.1, 0.15) is 11.1 Å². The molecule has 0 aliphatic rings. The summed E-state index contributed by atoms with van der Waals surface area (Å²) in [5.74, 6) is 2.25. The van der Waals surface area contributed by atoms with E-state index in [1.165, 1.54) is 22.9 Å². The first-order valence-corrected chi connectivity index (χ1v) is 8.78. The van der Waals surface area contributed by atoms with Crippen molar-refractivity contribution in [2.75, 3.05) is 12.4 Å². The van der Waals surface area contributed by atoms with E-state index in [4.69, 9.17) is 9.15 Å². The average molecular weight is 332 g/mol. The molecule has 0 bridgehead atoms. The van der Waals surface area contributed by atoms with Gasteiger partial charge in [0.1, 0.15) is 5.75 Å². The first-order chi connectivity index (χ1) is 10.7. The number of aromatic nitrogens is 2. The van der Waals surface area contributed by atoms with E-state index in [-0.39, 0.29) is 0 Å². The number of ether oxygens (including phenoxy) is 1. The van der Waals surface area contributed by atoms with Crippen LogP contribution in [0.3, 0.4) is 0 Å². The van der Waals surface area contributed by atoms with E-state index in [9.17, 15) is 0 Å². The van der Waals surface area contributed by atoms with Crippen LogP contribution in [-0.2, 0) is 0 Å². The summed E-state index contributed by atoms with van der Waals surface area (Å²) in [6.07, 6.45) is 0. The van der Waals surface area contributed by atoms with Crippen molar-refractivity contribution in [1.82, 2.24) is 10.2 Å². The van der Waals surface area contributed by atoms with Crippen molar-refractivity contribution < 1.29 is 9.15 Å². The van der Waals surface area contributed by atoms with Crippen molar-refractivity contribution >= 4 is 23.1 Å². The third-order valence-electron chi connectivity index (χ3n) is 2.91. The van der Waals surface area contributed by atoms with Crippen LogP contribution in [0.25, 0.3) is 10.8 Å². The zero-order chi connectivity index (χ0) is 15.4. The fourth-order valence-corrected chi connectivity index (χ4v) is 3.29. The Balaban J connectivity index is 1.49. The Morgan fingerprint density at radius 1 is 1.18 bits per heavy atom. The number of rotatable bonds is 6. The number of nitrogens with zero attached hydrogens (tertiary/aromatic N) is 2. The van der Waals surface area contributed by atoms with Gasteiger partial charge in [0.25, 0.3) is 11.1 Å². The number of thioether (sulfide) groups is 1. The van der Waals surface area contributed by atoms with Gasteiger partial charge in [-0.25, -0.2) is 0 Å². The zero-order valence-electron chi connectivity index (χ0n) is 12.4. The molecule has 2 heterocycles. The van der Waals surface area contributed by atoms with Gasteiger partial charge in [0, 0.05) is 5.75 Å². The van der Waals surface area contributed by atoms with Crippen LogP contribution in [0.5, 0.6) is 5.75 Å². The molecule has 4 nitrogen and oxygen atoms in total. The van der Waals surface area contributed by atoms with E-state index in [1.54, 1.807) is 11.3 Å². The van der Waals surface area contributed by atoms with E-state index in [0.29, 0.717) is 17.7 Å². The normalized spacial score (nSPS) is 10.8. The third-order valence-corrected chi connectivity index (χ3v) is 4.55. The number of aryl methyl sites for hydroxylation is 2. The molecule has 0 aliphatic carbocycles. The molecule has 0 spiro atoms. The van der Waals surface area contributed by atoms with Gasteiger partial charge in [-0.15, -0.1) is 21.5 Å². The van der Waals surface area contributed by atoms with Crippen LogP contribution < -0.4 is 4.74 Å². The summed E-state index contributed by atoms with van der Waals surface area (Å²) in [6, 6.07) is 10.1. The lowest BCUT2D eigenvalue weighted by Crippen LogP contribution is -2.00. The van der Waals surface area contributed by atoms with Crippen molar-refractivity contribution in [3.8, 4) is 16.5 Å². The second-order valence-electron chi connectivity index (χ2n) is 4.87. The Morgan fingerprint density at radius 3 is 2.73 bits per heavy atom. The van der Waals surface area contributed by atoms with E-state index in [1.807, 2.05) is 29.6 Å². The highest BCUT2D eigenvalue weighted by Gasteiger charge is 2.09. The predicted molar refractivity (Wildman–Crippen MR) is 89.7 cm³/mol. The molecule has 1 aromatic carbocycles. The fourth-order valence-electron chi connectivity index (χ4n) is 2.07. The van der Waals surface area contributed by atoms with Crippen LogP contribution in [0, 0.1) is 13.8 Å². The van der Waals surface area contributed by atoms with E-state index < -0.39 is 0 Å². The van der Waals surface area contributed by atoms with E-state index >= 15 is 0 Å². The molecule has 22 heavy (non-hydrogen) atoms. The van der Waals surface area contributed by atoms with Crippen molar-refractivity contribution in [1.29, 1.82) is 0 Å². The first-order valence-electron chi connectivity index (χ1n) is 6.92. The zero-order valence-corrected chi connectivity index (χ0v) is 14.0. The Morgan fingerprint density at radius 2 is 2.00 bits per heavy atom. The van der Waals surface area contributed by atoms with Crippen LogP contribution in [-0.4, -0.2) is 22.6 Å². The molecule has 0 N–H and O–H groups in total. The number of thiophene rings is 1. The van der Waals surface area contributed by atoms with Gasteiger partial charge in [0.05, 0.1) is 11.5 Å². The number of benzene rings is 1. The van der Waals surface area contributed by atoms with Crippen LogP contribution in [0.15, 0.2) is 45.4 Å². The summed E-state index contributed by atoms with van der Waals surface area (Å²) >= 11 is 3.09. The van der Waals surface area contributed by atoms with Crippen molar-refractivity contribution in [2.45, 2.75) is 19.1 Å². The lowest BCUT2D eigenvalue weighted by Gasteiger charge is -2.07. The molecule has 0 atom stereocenters. The molecule has 0 aliphatic heterocycles. The molecular weight excluding hydrogens is 316 g/mol. The molecule has 114 valence electrons. The molecule has 3 aromatic rings. The summed E-state index contributed by atoms with van der Waals surface area (Å²) in [5, 5.41) is 10.7. The largest absolute Gasteiger partial charge is 0.493 e. The molecule has 0 fully saturated rings. The summed E-state index contributed by atoms with van der Waals surface area (Å²) in [7, 11) is 0. The number of hydrogen-bond donors (Lipinski definition) is 0. The Bertz CT molecular complexity index is 718. The molecule has 3 rings (SSSR count). The Hall–Kier alpha value is -1.79. The van der Waals surface area contributed by atoms with Crippen molar-refractivity contribution in [2.24, 2.45) is 0 Å². The monoisotopic (exact) mass is 332 g/mol. The minimum atomic E-state index is 0.576. The van der Waals surface area contributed by atoms with Crippen molar-refractivity contribution in [3.05, 3.63) is 46.8 Å². The van der Waals surface area contributed by atoms with Gasteiger partial charge in [0.2, 0.25) is 0 Å². The van der Waals surface area contributed by atoms with Gasteiger partial charge in [0.15, 0.2) is 0 Å². The molecular formula is C16H16N2O2S2. The smallest absolute Gasteiger partial charge is 0.277 e. The highest BCUT2D eigenvalue weighted by Crippen LogP contribution is 2.26. The molecule has 2 aromatic heterocycles. The lowest BCUT2D eigenvalue weighted by atomic mass is 10.1. The van der Waals surface area contributed by atoms with Gasteiger partial charge in [-0.3, -0.25) is 0 Å². The maximum absolute atomic E-state index is 5.76. The maximum atomic E-state index is 5.76. The SMILES string of the molecule is Cc1cc(C)cc(OCCSc2nnc(-c3cccs3)o2)c1. The summed E-state index contributed by atoms with van der Waals surface area (Å²) in [5.41, 5.74) is 2.42. The summed E-state index contributed by atoms with van der Waals surface area (Å²) in [4.78, 5) is 0.992. The summed E-state index contributed by atoms with van der Waals surface area (Å²) in [6.45, 7) is 4.74. The van der Waals surface area contributed by atoms with Gasteiger partial charge in [-0.05, 0) is 48.6 Å². The second kappa shape index (κ2) is 6.98. The van der Waals surface area contributed by atoms with Crippen LogP contribution in [0.2, 0.25) is 0 Å². The minimum Gasteiger partial charge on any atom is -0.493 e. The quantitative estimate of drug-likeness (QED) is 0.488. The van der Waals surface area contributed by atoms with Crippen LogP contribution in [0.4, 0.5) is 0 Å². The maximum Gasteiger partial charge on any atom is 0.277 e. The van der Waals surface area contributed by atoms with Gasteiger partial charge < -0.3 is 9.15 Å². The molecule has 0 amide bonds. The van der Waals surface area contributed by atoms with Gasteiger partial charge >= 0.3 is 0 Å². The van der Waals surface area contributed by atoms with E-state index in [0.717, 1.165) is 16.4 Å². The lowest BCUT2D eigenvalue weighted by molar-refractivity contribution is 0.342. The highest BCUT2D eigenvalue weighted by molar-refractivity contribution is 7.99. The molecule has 0 saturated carbocycles. The topological polar surface area (TPSA) is 48.2 Å². The molecule has 0 saturated heterocycles. The Kier molecular flexibility index (Phi) is 4.80. The van der Waals surface area contributed by atoms with Crippen molar-refractivity contribution in [3.63, 3.8) is 0 Å². The minimum absolute atomic E-state index is 0.576. The average Bonchev–Trinajstić information content (AvgIpc) is 3.13. The predicted octanol–water partition coefficient (Wildman–Crippen LogP) is 4.59. The molecule has 0 radical (unpaired) electrons. The fraction of sp³-hybridized carbons (Fsp3) is 0.250.